The molecular weight excluding hydrogens is 248 g/mol. The smallest absolute Gasteiger partial charge is 0.0779 e. The van der Waals surface area contributed by atoms with Crippen LogP contribution in [0.4, 0.5) is 5.69 Å². The Hall–Kier alpha value is -0.870. The maximum atomic E-state index is 5.75. The van der Waals surface area contributed by atoms with Gasteiger partial charge in [0.05, 0.1) is 16.8 Å². The van der Waals surface area contributed by atoms with Crippen molar-refractivity contribution in [3.8, 4) is 10.4 Å². The summed E-state index contributed by atoms with van der Waals surface area (Å²) in [5, 5.41) is 0. The Bertz CT molecular complexity index is 408. The van der Waals surface area contributed by atoms with Crippen LogP contribution in [0, 0.1) is 0 Å². The van der Waals surface area contributed by atoms with Gasteiger partial charge >= 0.3 is 0 Å². The van der Waals surface area contributed by atoms with Crippen molar-refractivity contribution in [3.05, 3.63) is 34.9 Å². The van der Waals surface area contributed by atoms with Crippen LogP contribution in [0.5, 0.6) is 0 Å². The standard InChI is InChI=1S/C9H7BrN2S/c10-7-3-1-6(2-4-7)9-8(11)5-12-13-9/h1-5H,11H2. The number of benzene rings is 1. The van der Waals surface area contributed by atoms with E-state index in [0.29, 0.717) is 0 Å². The summed E-state index contributed by atoms with van der Waals surface area (Å²) in [5.41, 5.74) is 7.60. The number of hydrogen-bond acceptors (Lipinski definition) is 3. The third-order valence-corrected chi connectivity index (χ3v) is 3.10. The van der Waals surface area contributed by atoms with Gasteiger partial charge in [-0.05, 0) is 29.2 Å². The summed E-state index contributed by atoms with van der Waals surface area (Å²) in [6.45, 7) is 0. The molecule has 0 aliphatic rings. The molecule has 0 amide bonds. The lowest BCUT2D eigenvalue weighted by Crippen LogP contribution is -1.83. The van der Waals surface area contributed by atoms with Crippen molar-refractivity contribution in [1.29, 1.82) is 0 Å². The Balaban J connectivity index is 2.47. The number of halogens is 1. The summed E-state index contributed by atoms with van der Waals surface area (Å²) >= 11 is 4.80. The first kappa shape index (κ1) is 8.72. The fourth-order valence-corrected chi connectivity index (χ4v) is 2.00. The zero-order valence-corrected chi connectivity index (χ0v) is 9.10. The summed E-state index contributed by atoms with van der Waals surface area (Å²) in [6, 6.07) is 8.03. The fraction of sp³-hybridized carbons (Fsp3) is 0. The fourth-order valence-electron chi connectivity index (χ4n) is 1.07. The van der Waals surface area contributed by atoms with Crippen LogP contribution in [0.2, 0.25) is 0 Å². The van der Waals surface area contributed by atoms with Crippen LogP contribution >= 0.6 is 27.5 Å². The number of aromatic nitrogens is 1. The molecule has 13 heavy (non-hydrogen) atoms. The van der Waals surface area contributed by atoms with Crippen LogP contribution in [-0.2, 0) is 0 Å². The predicted octanol–water partition coefficient (Wildman–Crippen LogP) is 3.15. The molecule has 2 N–H and O–H groups in total. The number of nitrogen functional groups attached to an aromatic ring is 1. The second kappa shape index (κ2) is 3.47. The van der Waals surface area contributed by atoms with Gasteiger partial charge < -0.3 is 5.73 Å². The van der Waals surface area contributed by atoms with Crippen LogP contribution in [0.25, 0.3) is 10.4 Å². The van der Waals surface area contributed by atoms with E-state index in [0.717, 1.165) is 20.6 Å². The molecule has 4 heteroatoms. The van der Waals surface area contributed by atoms with E-state index < -0.39 is 0 Å². The van der Waals surface area contributed by atoms with E-state index in [4.69, 9.17) is 5.73 Å². The van der Waals surface area contributed by atoms with Crippen LogP contribution in [0.1, 0.15) is 0 Å². The molecule has 66 valence electrons. The van der Waals surface area contributed by atoms with Gasteiger partial charge in [0.15, 0.2) is 0 Å². The van der Waals surface area contributed by atoms with Crippen molar-refractivity contribution in [2.24, 2.45) is 0 Å². The maximum absolute atomic E-state index is 5.75. The minimum absolute atomic E-state index is 0.743. The molecular formula is C9H7BrN2S. The topological polar surface area (TPSA) is 38.9 Å². The number of hydrogen-bond donors (Lipinski definition) is 1. The van der Waals surface area contributed by atoms with Gasteiger partial charge in [0.1, 0.15) is 0 Å². The summed E-state index contributed by atoms with van der Waals surface area (Å²) in [5.74, 6) is 0. The first-order valence-corrected chi connectivity index (χ1v) is 5.30. The molecule has 0 aliphatic carbocycles. The number of anilines is 1. The molecule has 0 bridgehead atoms. The van der Waals surface area contributed by atoms with Gasteiger partial charge in [0.25, 0.3) is 0 Å². The molecule has 1 aromatic heterocycles. The Morgan fingerprint density at radius 1 is 1.23 bits per heavy atom. The highest BCUT2D eigenvalue weighted by molar-refractivity contribution is 9.10. The van der Waals surface area contributed by atoms with E-state index >= 15 is 0 Å². The zero-order chi connectivity index (χ0) is 9.26. The molecule has 0 radical (unpaired) electrons. The predicted molar refractivity (Wildman–Crippen MR) is 59.7 cm³/mol. The maximum Gasteiger partial charge on any atom is 0.0779 e. The molecule has 1 heterocycles. The van der Waals surface area contributed by atoms with Crippen LogP contribution in [-0.4, -0.2) is 4.37 Å². The molecule has 1 aromatic carbocycles. The molecule has 0 atom stereocenters. The minimum atomic E-state index is 0.743. The highest BCUT2D eigenvalue weighted by atomic mass is 79.9. The second-order valence-electron chi connectivity index (χ2n) is 2.62. The lowest BCUT2D eigenvalue weighted by atomic mass is 10.2. The molecule has 2 aromatic rings. The number of nitrogens with zero attached hydrogens (tertiary/aromatic N) is 1. The van der Waals surface area contributed by atoms with Gasteiger partial charge in [0.2, 0.25) is 0 Å². The first-order valence-electron chi connectivity index (χ1n) is 3.73. The van der Waals surface area contributed by atoms with Crippen molar-refractivity contribution in [3.63, 3.8) is 0 Å². The Kier molecular flexibility index (Phi) is 2.33. The van der Waals surface area contributed by atoms with Crippen molar-refractivity contribution >= 4 is 33.1 Å². The summed E-state index contributed by atoms with van der Waals surface area (Å²) in [7, 11) is 0. The van der Waals surface area contributed by atoms with E-state index in [-0.39, 0.29) is 0 Å². The molecule has 0 saturated carbocycles. The quantitative estimate of drug-likeness (QED) is 0.850. The first-order chi connectivity index (χ1) is 6.27. The minimum Gasteiger partial charge on any atom is -0.396 e. The van der Waals surface area contributed by atoms with Crippen LogP contribution < -0.4 is 5.73 Å². The molecule has 0 fully saturated rings. The molecule has 0 saturated heterocycles. The van der Waals surface area contributed by atoms with Crippen molar-refractivity contribution in [2.75, 3.05) is 5.73 Å². The molecule has 0 unspecified atom stereocenters. The van der Waals surface area contributed by atoms with Gasteiger partial charge in [-0.3, -0.25) is 0 Å². The molecule has 2 rings (SSSR count). The monoisotopic (exact) mass is 254 g/mol. The van der Waals surface area contributed by atoms with Crippen LogP contribution in [0.15, 0.2) is 34.9 Å². The van der Waals surface area contributed by atoms with Gasteiger partial charge in [-0.1, -0.05) is 28.1 Å². The van der Waals surface area contributed by atoms with E-state index in [1.54, 1.807) is 6.20 Å². The lowest BCUT2D eigenvalue weighted by molar-refractivity contribution is 1.57. The van der Waals surface area contributed by atoms with E-state index in [1.807, 2.05) is 24.3 Å². The zero-order valence-electron chi connectivity index (χ0n) is 6.70. The average Bonchev–Trinajstić information content (AvgIpc) is 2.53. The highest BCUT2D eigenvalue weighted by Gasteiger charge is 2.03. The van der Waals surface area contributed by atoms with Gasteiger partial charge in [-0.2, -0.15) is 4.37 Å². The third kappa shape index (κ3) is 1.73. The van der Waals surface area contributed by atoms with E-state index in [1.165, 1.54) is 11.5 Å². The summed E-state index contributed by atoms with van der Waals surface area (Å²) < 4.78 is 5.09. The molecule has 0 aliphatic heterocycles. The van der Waals surface area contributed by atoms with E-state index in [2.05, 4.69) is 20.3 Å². The molecule has 0 spiro atoms. The Labute approximate surface area is 88.7 Å². The number of nitrogens with two attached hydrogens (primary N) is 1. The van der Waals surface area contributed by atoms with Crippen molar-refractivity contribution < 1.29 is 0 Å². The summed E-state index contributed by atoms with van der Waals surface area (Å²) in [6.07, 6.45) is 1.68. The van der Waals surface area contributed by atoms with Gasteiger partial charge in [-0.15, -0.1) is 0 Å². The van der Waals surface area contributed by atoms with Crippen LogP contribution in [0.3, 0.4) is 0 Å². The second-order valence-corrected chi connectivity index (χ2v) is 4.33. The Morgan fingerprint density at radius 3 is 2.46 bits per heavy atom. The average molecular weight is 255 g/mol. The highest BCUT2D eigenvalue weighted by Crippen LogP contribution is 2.30. The largest absolute Gasteiger partial charge is 0.396 e. The normalized spacial score (nSPS) is 10.2. The van der Waals surface area contributed by atoms with Gasteiger partial charge in [0, 0.05) is 4.47 Å². The number of rotatable bonds is 1. The van der Waals surface area contributed by atoms with Crippen molar-refractivity contribution in [1.82, 2.24) is 4.37 Å². The summed E-state index contributed by atoms with van der Waals surface area (Å²) in [4.78, 5) is 1.03. The molecule has 2 nitrogen and oxygen atoms in total. The van der Waals surface area contributed by atoms with E-state index in [9.17, 15) is 0 Å². The third-order valence-electron chi connectivity index (χ3n) is 1.70. The van der Waals surface area contributed by atoms with Gasteiger partial charge in [-0.25, -0.2) is 0 Å². The lowest BCUT2D eigenvalue weighted by Gasteiger charge is -1.97. The van der Waals surface area contributed by atoms with Crippen molar-refractivity contribution in [2.45, 2.75) is 0 Å². The SMILES string of the molecule is Nc1cnsc1-c1ccc(Br)cc1. The Morgan fingerprint density at radius 2 is 1.92 bits per heavy atom.